The maximum atomic E-state index is 12.2. The van der Waals surface area contributed by atoms with E-state index < -0.39 is 5.69 Å². The highest BCUT2D eigenvalue weighted by Crippen LogP contribution is 2.15. The molecule has 0 aromatic carbocycles. The second-order valence-electron chi connectivity index (χ2n) is 8.74. The minimum atomic E-state index is -0.417. The number of aromatic amines is 1. The van der Waals surface area contributed by atoms with Crippen LogP contribution in [0.4, 0.5) is 0 Å². The van der Waals surface area contributed by atoms with Crippen molar-refractivity contribution >= 4 is 23.2 Å². The maximum Gasteiger partial charge on any atom is 0.329 e. The van der Waals surface area contributed by atoms with Gasteiger partial charge in [-0.25, -0.2) is 9.78 Å². The average Bonchev–Trinajstić information content (AvgIpc) is 3.11. The second-order valence-corrected chi connectivity index (χ2v) is 9.31. The number of hydrogen-bond donors (Lipinski definition) is 1. The van der Waals surface area contributed by atoms with Crippen molar-refractivity contribution in [3.63, 3.8) is 0 Å². The fraction of sp³-hybridized carbons (Fsp3) is 0.792. The summed E-state index contributed by atoms with van der Waals surface area (Å²) in [5.74, 6) is 0.788. The zero-order valence-electron chi connectivity index (χ0n) is 20.3. The fourth-order valence-electron chi connectivity index (χ4n) is 4.25. The summed E-state index contributed by atoms with van der Waals surface area (Å²) in [6.07, 6.45) is 20.1. The van der Waals surface area contributed by atoms with Crippen LogP contribution in [0.5, 0.6) is 0 Å². The van der Waals surface area contributed by atoms with E-state index >= 15 is 0 Å². The molecule has 0 bridgehead atoms. The molecule has 2 aromatic heterocycles. The van der Waals surface area contributed by atoms with Gasteiger partial charge in [0, 0.05) is 19.8 Å². The third-order valence-corrected chi connectivity index (χ3v) is 6.58. The number of aryl methyl sites for hydroxylation is 3. The van der Waals surface area contributed by atoms with E-state index in [0.717, 1.165) is 31.8 Å². The van der Waals surface area contributed by atoms with Crippen LogP contribution in [0, 0.1) is 6.92 Å². The minimum Gasteiger partial charge on any atom is -0.322 e. The fourth-order valence-corrected chi connectivity index (χ4v) is 4.54. The molecule has 0 amide bonds. The molecule has 0 unspecified atom stereocenters. The smallest absolute Gasteiger partial charge is 0.322 e. The molecule has 0 aliphatic carbocycles. The van der Waals surface area contributed by atoms with Gasteiger partial charge in [-0.15, -0.1) is 0 Å². The van der Waals surface area contributed by atoms with Gasteiger partial charge >= 0.3 is 5.69 Å². The first kappa shape index (κ1) is 26.7. The Morgan fingerprint density at radius 2 is 1.34 bits per heavy atom. The van der Waals surface area contributed by atoms with Crippen molar-refractivity contribution in [2.24, 2.45) is 7.05 Å². The summed E-state index contributed by atoms with van der Waals surface area (Å²) in [4.78, 5) is 30.8. The van der Waals surface area contributed by atoms with Gasteiger partial charge < -0.3 is 8.75 Å². The first-order valence-corrected chi connectivity index (χ1v) is 13.5. The number of rotatable bonds is 18. The molecule has 2 rings (SSSR count). The predicted molar refractivity (Wildman–Crippen MR) is 134 cm³/mol. The van der Waals surface area contributed by atoms with Gasteiger partial charge in [-0.2, -0.15) is 0 Å². The molecule has 2 heterocycles. The number of imidazole rings is 1. The van der Waals surface area contributed by atoms with Crippen LogP contribution >= 0.6 is 12.0 Å². The molecule has 0 spiro atoms. The third kappa shape index (κ3) is 8.77. The summed E-state index contributed by atoms with van der Waals surface area (Å²) < 4.78 is 8.64. The van der Waals surface area contributed by atoms with E-state index in [9.17, 15) is 9.59 Å². The number of unbranched alkanes of at least 4 members (excludes halogenated alkanes) is 13. The van der Waals surface area contributed by atoms with Gasteiger partial charge in [-0.3, -0.25) is 14.3 Å². The highest BCUT2D eigenvalue weighted by atomic mass is 32.2. The molecular weight excluding hydrogens is 424 g/mol. The van der Waals surface area contributed by atoms with E-state index in [4.69, 9.17) is 4.18 Å². The van der Waals surface area contributed by atoms with Gasteiger partial charge in [0.25, 0.3) is 5.56 Å². The summed E-state index contributed by atoms with van der Waals surface area (Å²) in [5.41, 5.74) is 0.218. The number of aromatic nitrogens is 4. The number of hydrogen-bond acceptors (Lipinski definition) is 5. The second kappa shape index (κ2) is 15.3. The van der Waals surface area contributed by atoms with Crippen molar-refractivity contribution in [3.8, 4) is 0 Å². The number of nitrogens with zero attached hydrogens (tertiary/aromatic N) is 3. The molecule has 0 saturated heterocycles. The quantitative estimate of drug-likeness (QED) is 0.232. The van der Waals surface area contributed by atoms with Crippen molar-refractivity contribution in [2.45, 2.75) is 103 Å². The Hall–Kier alpha value is -1.54. The topological polar surface area (TPSA) is 81.9 Å². The van der Waals surface area contributed by atoms with Crippen molar-refractivity contribution in [3.05, 3.63) is 26.7 Å². The largest absolute Gasteiger partial charge is 0.329 e. The Balaban J connectivity index is 1.48. The van der Waals surface area contributed by atoms with Crippen molar-refractivity contribution in [1.82, 2.24) is 19.1 Å². The summed E-state index contributed by atoms with van der Waals surface area (Å²) >= 11 is 1.47. The highest BCUT2D eigenvalue weighted by Gasteiger charge is 2.14. The monoisotopic (exact) mass is 466 g/mol. The molecule has 182 valence electrons. The molecule has 0 aliphatic rings. The van der Waals surface area contributed by atoms with Crippen LogP contribution in [0.1, 0.15) is 95.7 Å². The standard InChI is InChI=1S/C24H42N4O3S/c1-20-25-22-21(23(29)26-24(30)27(22)2)28(20)18-16-14-12-10-8-6-4-5-7-9-11-13-15-17-19-31-32-3/h4-19H2,1-3H3,(H,26,29,30). The molecule has 32 heavy (non-hydrogen) atoms. The Labute approximate surface area is 196 Å². The number of fused-ring (bicyclic) bond motifs is 1. The summed E-state index contributed by atoms with van der Waals surface area (Å²) in [6.45, 7) is 3.56. The van der Waals surface area contributed by atoms with E-state index in [-0.39, 0.29) is 5.56 Å². The van der Waals surface area contributed by atoms with Crippen LogP contribution < -0.4 is 11.2 Å². The van der Waals surface area contributed by atoms with Gasteiger partial charge in [-0.1, -0.05) is 77.0 Å². The molecule has 0 radical (unpaired) electrons. The third-order valence-electron chi connectivity index (χ3n) is 6.18. The molecule has 2 aromatic rings. The Morgan fingerprint density at radius 3 is 1.88 bits per heavy atom. The lowest BCUT2D eigenvalue weighted by Crippen LogP contribution is -2.29. The first-order valence-electron chi connectivity index (χ1n) is 12.4. The molecule has 8 heteroatoms. The molecule has 0 saturated carbocycles. The number of nitrogens with one attached hydrogen (secondary N) is 1. The van der Waals surface area contributed by atoms with Gasteiger partial charge in [0.15, 0.2) is 11.2 Å². The van der Waals surface area contributed by atoms with Gasteiger partial charge in [0.05, 0.1) is 6.61 Å². The summed E-state index contributed by atoms with van der Waals surface area (Å²) in [6, 6.07) is 0. The maximum absolute atomic E-state index is 12.2. The predicted octanol–water partition coefficient (Wildman–Crippen LogP) is 5.49. The summed E-state index contributed by atoms with van der Waals surface area (Å²) in [5, 5.41) is 0. The molecule has 7 nitrogen and oxygen atoms in total. The van der Waals surface area contributed by atoms with E-state index in [1.165, 1.54) is 93.7 Å². The molecule has 0 fully saturated rings. The van der Waals surface area contributed by atoms with Crippen molar-refractivity contribution in [1.29, 1.82) is 0 Å². The van der Waals surface area contributed by atoms with E-state index in [1.807, 2.05) is 17.7 Å². The zero-order chi connectivity index (χ0) is 23.2. The van der Waals surface area contributed by atoms with Crippen LogP contribution in [0.25, 0.3) is 11.2 Å². The van der Waals surface area contributed by atoms with Crippen molar-refractivity contribution in [2.75, 3.05) is 12.9 Å². The van der Waals surface area contributed by atoms with Crippen LogP contribution in [-0.2, 0) is 17.8 Å². The normalized spacial score (nSPS) is 11.6. The average molecular weight is 467 g/mol. The van der Waals surface area contributed by atoms with Crippen LogP contribution in [0.2, 0.25) is 0 Å². The Bertz CT molecular complexity index is 903. The molecule has 1 N–H and O–H groups in total. The Kier molecular flexibility index (Phi) is 12.8. The van der Waals surface area contributed by atoms with E-state index in [0.29, 0.717) is 11.2 Å². The van der Waals surface area contributed by atoms with Gasteiger partial charge in [0.1, 0.15) is 5.82 Å². The lowest BCUT2D eigenvalue weighted by Gasteiger charge is -2.07. The van der Waals surface area contributed by atoms with Crippen LogP contribution in [0.3, 0.4) is 0 Å². The SMILES string of the molecule is CSOCCCCCCCCCCCCCCCCn1c(C)nc2c1c(=O)[nH]c(=O)n2C. The lowest BCUT2D eigenvalue weighted by molar-refractivity contribution is 0.356. The lowest BCUT2D eigenvalue weighted by atomic mass is 10.0. The van der Waals surface area contributed by atoms with Gasteiger partial charge in [-0.05, 0) is 31.8 Å². The minimum absolute atomic E-state index is 0.343. The van der Waals surface area contributed by atoms with Crippen LogP contribution in [0.15, 0.2) is 9.59 Å². The number of H-pyrrole nitrogens is 1. The van der Waals surface area contributed by atoms with Crippen LogP contribution in [-0.4, -0.2) is 32.0 Å². The van der Waals surface area contributed by atoms with E-state index in [2.05, 4.69) is 9.97 Å². The first-order chi connectivity index (χ1) is 15.6. The Morgan fingerprint density at radius 1 is 0.844 bits per heavy atom. The van der Waals surface area contributed by atoms with E-state index in [1.54, 1.807) is 7.05 Å². The molecule has 0 aliphatic heterocycles. The summed E-state index contributed by atoms with van der Waals surface area (Å²) in [7, 11) is 1.64. The van der Waals surface area contributed by atoms with Gasteiger partial charge in [0.2, 0.25) is 0 Å². The molecule has 0 atom stereocenters. The zero-order valence-corrected chi connectivity index (χ0v) is 21.1. The molecular formula is C24H42N4O3S. The highest BCUT2D eigenvalue weighted by molar-refractivity contribution is 7.93. The van der Waals surface area contributed by atoms with Crippen molar-refractivity contribution < 1.29 is 4.18 Å².